The molecule has 3 nitrogen and oxygen atoms in total. The number of benzene rings is 1. The molecule has 0 saturated heterocycles. The quantitative estimate of drug-likeness (QED) is 0.603. The number of allylic oxidation sites excluding steroid dienone is 2. The van der Waals surface area contributed by atoms with Crippen LogP contribution in [0.1, 0.15) is 66.4 Å². The first-order chi connectivity index (χ1) is 11.3. The summed E-state index contributed by atoms with van der Waals surface area (Å²) in [4.78, 5) is 16.2. The van der Waals surface area contributed by atoms with E-state index in [9.17, 15) is 4.79 Å². The second-order valence-corrected chi connectivity index (χ2v) is 6.74. The summed E-state index contributed by atoms with van der Waals surface area (Å²) < 4.78 is 0. The third-order valence-corrected chi connectivity index (χ3v) is 3.85. The average Bonchev–Trinajstić information content (AvgIpc) is 2.51. The number of rotatable bonds is 9. The number of nitrogens with one attached hydrogen (secondary N) is 1. The van der Waals surface area contributed by atoms with Crippen molar-refractivity contribution < 1.29 is 4.79 Å². The lowest BCUT2D eigenvalue weighted by atomic mass is 10.0. The van der Waals surface area contributed by atoms with Crippen LogP contribution in [0.3, 0.4) is 0 Å². The van der Waals surface area contributed by atoms with Crippen molar-refractivity contribution in [3.63, 3.8) is 0 Å². The van der Waals surface area contributed by atoms with Gasteiger partial charge in [-0.15, -0.1) is 0 Å². The van der Waals surface area contributed by atoms with Crippen molar-refractivity contribution in [2.45, 2.75) is 72.9 Å². The van der Waals surface area contributed by atoms with Crippen LogP contribution in [0, 0.1) is 0 Å². The van der Waals surface area contributed by atoms with Crippen molar-refractivity contribution in [2.24, 2.45) is 4.99 Å². The molecule has 0 fully saturated rings. The van der Waals surface area contributed by atoms with Crippen molar-refractivity contribution in [1.29, 1.82) is 0 Å². The Morgan fingerprint density at radius 2 is 1.83 bits per heavy atom. The number of carbonyl (C=O) groups excluding carboxylic acids is 1. The van der Waals surface area contributed by atoms with Crippen molar-refractivity contribution in [3.05, 3.63) is 41.5 Å². The van der Waals surface area contributed by atoms with E-state index in [1.54, 1.807) is 6.92 Å². The normalized spacial score (nSPS) is 13.1. The SMILES string of the molecule is C/C=C(CCC)\C(CC)=N/C(C)(C)Nc1ccc(CC(C)=O)cc1. The Kier molecular flexibility index (Phi) is 7.90. The lowest BCUT2D eigenvalue weighted by molar-refractivity contribution is -0.116. The predicted octanol–water partition coefficient (Wildman–Crippen LogP) is 5.56. The molecule has 132 valence electrons. The molecule has 0 atom stereocenters. The standard InChI is InChI=1S/C21H32N2O/c1-7-10-18(8-2)20(9-3)23-21(5,6)22-19-13-11-17(12-14-19)15-16(4)24/h8,11-14,22H,7,9-10,15H2,1-6H3/b18-8-,23-20-. The number of ketones is 1. The highest BCUT2D eigenvalue weighted by Crippen LogP contribution is 2.20. The molecule has 0 aromatic heterocycles. The van der Waals surface area contributed by atoms with Crippen molar-refractivity contribution in [2.75, 3.05) is 5.32 Å². The summed E-state index contributed by atoms with van der Waals surface area (Å²) in [5, 5.41) is 3.49. The Morgan fingerprint density at radius 1 is 1.21 bits per heavy atom. The van der Waals surface area contributed by atoms with E-state index in [0.717, 1.165) is 30.5 Å². The van der Waals surface area contributed by atoms with Gasteiger partial charge in [0.25, 0.3) is 0 Å². The van der Waals surface area contributed by atoms with Crippen LogP contribution in [0.5, 0.6) is 0 Å². The van der Waals surface area contributed by atoms with Crippen molar-refractivity contribution in [1.82, 2.24) is 0 Å². The van der Waals surface area contributed by atoms with Gasteiger partial charge in [0.2, 0.25) is 0 Å². The molecule has 0 saturated carbocycles. The highest BCUT2D eigenvalue weighted by atomic mass is 16.1. The molecule has 3 heteroatoms. The molecule has 0 aliphatic rings. The van der Waals surface area contributed by atoms with E-state index in [-0.39, 0.29) is 11.4 Å². The summed E-state index contributed by atoms with van der Waals surface area (Å²) in [6.07, 6.45) is 5.80. The summed E-state index contributed by atoms with van der Waals surface area (Å²) in [6, 6.07) is 8.03. The molecule has 0 bridgehead atoms. The average molecular weight is 329 g/mol. The van der Waals surface area contributed by atoms with Crippen LogP contribution in [0.2, 0.25) is 0 Å². The Bertz CT molecular complexity index is 595. The molecule has 24 heavy (non-hydrogen) atoms. The highest BCUT2D eigenvalue weighted by molar-refractivity contribution is 6.00. The third-order valence-electron chi connectivity index (χ3n) is 3.85. The molecule has 0 heterocycles. The largest absolute Gasteiger partial charge is 0.362 e. The molecule has 0 spiro atoms. The number of hydrogen-bond acceptors (Lipinski definition) is 3. The molecule has 1 rings (SSSR count). The van der Waals surface area contributed by atoms with Crippen LogP contribution in [-0.2, 0) is 11.2 Å². The first-order valence-corrected chi connectivity index (χ1v) is 8.92. The maximum Gasteiger partial charge on any atom is 0.134 e. The van der Waals surface area contributed by atoms with Gasteiger partial charge in [-0.25, -0.2) is 0 Å². The topological polar surface area (TPSA) is 41.5 Å². The minimum Gasteiger partial charge on any atom is -0.362 e. The van der Waals surface area contributed by atoms with E-state index in [2.05, 4.69) is 46.0 Å². The van der Waals surface area contributed by atoms with E-state index < -0.39 is 0 Å². The maximum absolute atomic E-state index is 11.2. The Labute approximate surface area is 147 Å². The summed E-state index contributed by atoms with van der Waals surface area (Å²) in [5.41, 5.74) is 4.19. The Morgan fingerprint density at radius 3 is 2.29 bits per heavy atom. The molecule has 0 aliphatic heterocycles. The number of nitrogens with zero attached hydrogens (tertiary/aromatic N) is 1. The van der Waals surface area contributed by atoms with Gasteiger partial charge in [-0.3, -0.25) is 9.79 Å². The zero-order valence-electron chi connectivity index (χ0n) is 16.1. The molecular weight excluding hydrogens is 296 g/mol. The van der Waals surface area contributed by atoms with Crippen LogP contribution < -0.4 is 5.32 Å². The van der Waals surface area contributed by atoms with Gasteiger partial charge in [-0.05, 0) is 63.8 Å². The molecular formula is C21H32N2O. The number of anilines is 1. The van der Waals surface area contributed by atoms with E-state index >= 15 is 0 Å². The smallest absolute Gasteiger partial charge is 0.134 e. The minimum absolute atomic E-state index is 0.183. The summed E-state index contributed by atoms with van der Waals surface area (Å²) in [6.45, 7) is 12.2. The fourth-order valence-electron chi connectivity index (χ4n) is 2.81. The fraction of sp³-hybridized carbons (Fsp3) is 0.524. The summed E-state index contributed by atoms with van der Waals surface area (Å²) >= 11 is 0. The van der Waals surface area contributed by atoms with Crippen LogP contribution in [-0.4, -0.2) is 17.2 Å². The molecule has 0 unspecified atom stereocenters. The van der Waals surface area contributed by atoms with E-state index in [1.807, 2.05) is 24.3 Å². The second kappa shape index (κ2) is 9.41. The Balaban J connectivity index is 2.90. The van der Waals surface area contributed by atoms with Gasteiger partial charge in [0.1, 0.15) is 11.4 Å². The van der Waals surface area contributed by atoms with E-state index in [4.69, 9.17) is 4.99 Å². The third kappa shape index (κ3) is 6.69. The monoisotopic (exact) mass is 328 g/mol. The molecule has 1 aromatic carbocycles. The van der Waals surface area contributed by atoms with Gasteiger partial charge in [0, 0.05) is 17.8 Å². The number of Topliss-reactive ketones (excluding diaryl/α,β-unsaturated/α-hetero) is 1. The van der Waals surface area contributed by atoms with Gasteiger partial charge in [0.05, 0.1) is 0 Å². The molecule has 1 aromatic rings. The number of hydrogen-bond donors (Lipinski definition) is 1. The fourth-order valence-corrected chi connectivity index (χ4v) is 2.81. The number of aliphatic imine (C=N–C) groups is 1. The van der Waals surface area contributed by atoms with Crippen LogP contribution in [0.25, 0.3) is 0 Å². The van der Waals surface area contributed by atoms with Crippen molar-refractivity contribution >= 4 is 17.2 Å². The Hall–Kier alpha value is -1.90. The zero-order valence-corrected chi connectivity index (χ0v) is 16.1. The molecule has 1 N–H and O–H groups in total. The summed E-state index contributed by atoms with van der Waals surface area (Å²) in [5.74, 6) is 0.183. The number of carbonyl (C=O) groups is 1. The van der Waals surface area contributed by atoms with Crippen LogP contribution >= 0.6 is 0 Å². The first kappa shape index (κ1) is 20.1. The van der Waals surface area contributed by atoms with E-state index in [1.165, 1.54) is 11.3 Å². The van der Waals surface area contributed by atoms with Gasteiger partial charge in [-0.2, -0.15) is 0 Å². The van der Waals surface area contributed by atoms with Gasteiger partial charge < -0.3 is 5.32 Å². The second-order valence-electron chi connectivity index (χ2n) is 6.74. The first-order valence-electron chi connectivity index (χ1n) is 8.92. The summed E-state index contributed by atoms with van der Waals surface area (Å²) in [7, 11) is 0. The maximum atomic E-state index is 11.2. The minimum atomic E-state index is -0.380. The highest BCUT2D eigenvalue weighted by Gasteiger charge is 2.17. The van der Waals surface area contributed by atoms with Crippen LogP contribution in [0.4, 0.5) is 5.69 Å². The van der Waals surface area contributed by atoms with Gasteiger partial charge in [0.15, 0.2) is 0 Å². The lowest BCUT2D eigenvalue weighted by Gasteiger charge is -2.25. The van der Waals surface area contributed by atoms with Crippen molar-refractivity contribution in [3.8, 4) is 0 Å². The lowest BCUT2D eigenvalue weighted by Crippen LogP contribution is -2.30. The zero-order chi connectivity index (χ0) is 18.2. The van der Waals surface area contributed by atoms with Gasteiger partial charge in [-0.1, -0.05) is 38.5 Å². The molecule has 0 aliphatic carbocycles. The molecule has 0 amide bonds. The predicted molar refractivity (Wildman–Crippen MR) is 105 cm³/mol. The molecule has 0 radical (unpaired) electrons. The van der Waals surface area contributed by atoms with Crippen LogP contribution in [0.15, 0.2) is 40.9 Å². The van der Waals surface area contributed by atoms with Gasteiger partial charge >= 0.3 is 0 Å². The van der Waals surface area contributed by atoms with E-state index in [0.29, 0.717) is 6.42 Å².